The molecule has 0 saturated carbocycles. The molecule has 1 aromatic heterocycles. The summed E-state index contributed by atoms with van der Waals surface area (Å²) in [5, 5.41) is 11.3. The number of amides is 1. The zero-order valence-electron chi connectivity index (χ0n) is 16.0. The SMILES string of the molecule is Cc1ccc(-n2nc(C(=O)NCC3CCCNC3)c3c2CCCC3)cc1.Cl. The van der Waals surface area contributed by atoms with Gasteiger partial charge in [0.05, 0.1) is 5.69 Å². The summed E-state index contributed by atoms with van der Waals surface area (Å²) in [7, 11) is 0. The fourth-order valence-electron chi connectivity index (χ4n) is 4.10. The largest absolute Gasteiger partial charge is 0.350 e. The summed E-state index contributed by atoms with van der Waals surface area (Å²) in [6.45, 7) is 4.91. The van der Waals surface area contributed by atoms with E-state index < -0.39 is 0 Å². The molecule has 6 heteroatoms. The molecule has 1 atom stereocenters. The van der Waals surface area contributed by atoms with Crippen LogP contribution in [0.3, 0.4) is 0 Å². The van der Waals surface area contributed by atoms with Crippen LogP contribution in [0.15, 0.2) is 24.3 Å². The maximum Gasteiger partial charge on any atom is 0.272 e. The predicted molar refractivity (Wildman–Crippen MR) is 110 cm³/mol. The van der Waals surface area contributed by atoms with Crippen molar-refractivity contribution in [2.75, 3.05) is 19.6 Å². The average molecular weight is 389 g/mol. The molecule has 5 nitrogen and oxygen atoms in total. The first-order valence-electron chi connectivity index (χ1n) is 9.89. The first kappa shape index (κ1) is 19.9. The minimum absolute atomic E-state index is 0. The number of benzene rings is 1. The number of fused-ring (bicyclic) bond motifs is 1. The molecule has 27 heavy (non-hydrogen) atoms. The van der Waals surface area contributed by atoms with Gasteiger partial charge in [-0.05, 0) is 76.6 Å². The Bertz CT molecular complexity index is 778. The normalized spacial score (nSPS) is 19.1. The standard InChI is InChI=1S/C21H28N4O.ClH/c1-15-8-10-17(11-9-15)25-19-7-3-2-6-18(19)20(24-25)21(26)23-14-16-5-4-12-22-13-16;/h8-11,16,22H,2-7,12-14H2,1H3,(H,23,26);1H. The highest BCUT2D eigenvalue weighted by Crippen LogP contribution is 2.27. The lowest BCUT2D eigenvalue weighted by Gasteiger charge is -2.22. The third-order valence-electron chi connectivity index (χ3n) is 5.62. The Balaban J connectivity index is 0.00000210. The van der Waals surface area contributed by atoms with Crippen LogP contribution in [-0.2, 0) is 12.8 Å². The molecule has 0 spiro atoms. The maximum atomic E-state index is 12.9. The highest BCUT2D eigenvalue weighted by atomic mass is 35.5. The molecule has 1 fully saturated rings. The van der Waals surface area contributed by atoms with Crippen molar-refractivity contribution in [3.8, 4) is 5.69 Å². The van der Waals surface area contributed by atoms with Crippen molar-refractivity contribution >= 4 is 18.3 Å². The number of rotatable bonds is 4. The summed E-state index contributed by atoms with van der Waals surface area (Å²) < 4.78 is 1.99. The number of piperidine rings is 1. The number of carbonyl (C=O) groups excluding carboxylic acids is 1. The number of halogens is 1. The van der Waals surface area contributed by atoms with Crippen molar-refractivity contribution in [2.24, 2.45) is 5.92 Å². The second-order valence-electron chi connectivity index (χ2n) is 7.65. The van der Waals surface area contributed by atoms with Crippen LogP contribution in [0.25, 0.3) is 5.69 Å². The van der Waals surface area contributed by atoms with E-state index in [-0.39, 0.29) is 18.3 Å². The summed E-state index contributed by atoms with van der Waals surface area (Å²) in [5.74, 6) is 0.516. The Morgan fingerprint density at radius 3 is 2.74 bits per heavy atom. The third kappa shape index (κ3) is 4.36. The number of nitrogens with one attached hydrogen (secondary N) is 2. The van der Waals surface area contributed by atoms with E-state index in [1.54, 1.807) is 0 Å². The molecule has 0 bridgehead atoms. The van der Waals surface area contributed by atoms with Gasteiger partial charge in [-0.15, -0.1) is 12.4 Å². The number of hydrogen-bond acceptors (Lipinski definition) is 3. The quantitative estimate of drug-likeness (QED) is 0.845. The number of hydrogen-bond donors (Lipinski definition) is 2. The molecule has 1 saturated heterocycles. The summed E-state index contributed by atoms with van der Waals surface area (Å²) in [6.07, 6.45) is 6.63. The smallest absolute Gasteiger partial charge is 0.272 e. The first-order valence-corrected chi connectivity index (χ1v) is 9.89. The monoisotopic (exact) mass is 388 g/mol. The van der Waals surface area contributed by atoms with Gasteiger partial charge in [-0.25, -0.2) is 4.68 Å². The number of nitrogens with zero attached hydrogens (tertiary/aromatic N) is 2. The Labute approximate surface area is 167 Å². The van der Waals surface area contributed by atoms with Gasteiger partial charge in [0.15, 0.2) is 5.69 Å². The molecule has 2 aromatic rings. The van der Waals surface area contributed by atoms with Crippen LogP contribution in [0, 0.1) is 12.8 Å². The van der Waals surface area contributed by atoms with Gasteiger partial charge in [-0.3, -0.25) is 4.79 Å². The predicted octanol–water partition coefficient (Wildman–Crippen LogP) is 3.21. The number of aryl methyl sites for hydroxylation is 1. The molecular formula is C21H29ClN4O. The molecule has 146 valence electrons. The Morgan fingerprint density at radius 2 is 2.00 bits per heavy atom. The van der Waals surface area contributed by atoms with E-state index in [9.17, 15) is 4.79 Å². The second-order valence-corrected chi connectivity index (χ2v) is 7.65. The topological polar surface area (TPSA) is 59.0 Å². The van der Waals surface area contributed by atoms with E-state index in [4.69, 9.17) is 5.10 Å². The van der Waals surface area contributed by atoms with E-state index in [2.05, 4.69) is 41.8 Å². The lowest BCUT2D eigenvalue weighted by molar-refractivity contribution is 0.0938. The zero-order valence-corrected chi connectivity index (χ0v) is 16.8. The lowest BCUT2D eigenvalue weighted by Crippen LogP contribution is -2.38. The van der Waals surface area contributed by atoms with Crippen molar-refractivity contribution in [1.29, 1.82) is 0 Å². The van der Waals surface area contributed by atoms with Crippen LogP contribution >= 0.6 is 12.4 Å². The van der Waals surface area contributed by atoms with E-state index >= 15 is 0 Å². The highest BCUT2D eigenvalue weighted by Gasteiger charge is 2.26. The van der Waals surface area contributed by atoms with Gasteiger partial charge in [-0.2, -0.15) is 5.10 Å². The zero-order chi connectivity index (χ0) is 17.9. The van der Waals surface area contributed by atoms with E-state index in [0.717, 1.165) is 50.1 Å². The fourth-order valence-corrected chi connectivity index (χ4v) is 4.10. The highest BCUT2D eigenvalue weighted by molar-refractivity contribution is 5.94. The molecule has 1 aromatic carbocycles. The minimum atomic E-state index is -0.0143. The number of aromatic nitrogens is 2. The molecular weight excluding hydrogens is 360 g/mol. The van der Waals surface area contributed by atoms with Gasteiger partial charge in [-0.1, -0.05) is 17.7 Å². The second kappa shape index (κ2) is 8.89. The first-order chi connectivity index (χ1) is 12.7. The molecule has 1 aliphatic heterocycles. The van der Waals surface area contributed by atoms with Crippen LogP contribution < -0.4 is 10.6 Å². The fraction of sp³-hybridized carbons (Fsp3) is 0.524. The minimum Gasteiger partial charge on any atom is -0.350 e. The molecule has 1 aliphatic carbocycles. The van der Waals surface area contributed by atoms with Gasteiger partial charge in [0, 0.05) is 17.8 Å². The van der Waals surface area contributed by atoms with Crippen LogP contribution in [-0.4, -0.2) is 35.3 Å². The van der Waals surface area contributed by atoms with Crippen LogP contribution in [0.4, 0.5) is 0 Å². The Kier molecular flexibility index (Phi) is 6.55. The van der Waals surface area contributed by atoms with Gasteiger partial charge < -0.3 is 10.6 Å². The molecule has 4 rings (SSSR count). The van der Waals surface area contributed by atoms with Gasteiger partial charge >= 0.3 is 0 Å². The van der Waals surface area contributed by atoms with Crippen molar-refractivity contribution in [3.05, 3.63) is 46.8 Å². The average Bonchev–Trinajstić information content (AvgIpc) is 3.07. The molecule has 2 heterocycles. The Morgan fingerprint density at radius 1 is 1.22 bits per heavy atom. The molecule has 2 aliphatic rings. The van der Waals surface area contributed by atoms with Crippen molar-refractivity contribution in [2.45, 2.75) is 45.4 Å². The van der Waals surface area contributed by atoms with E-state index in [1.807, 2.05) is 4.68 Å². The summed E-state index contributed by atoms with van der Waals surface area (Å²) in [6, 6.07) is 8.38. The lowest BCUT2D eigenvalue weighted by atomic mass is 9.95. The van der Waals surface area contributed by atoms with E-state index in [1.165, 1.54) is 30.5 Å². The molecule has 0 radical (unpaired) electrons. The van der Waals surface area contributed by atoms with Gasteiger partial charge in [0.1, 0.15) is 0 Å². The van der Waals surface area contributed by atoms with Crippen LogP contribution in [0.5, 0.6) is 0 Å². The van der Waals surface area contributed by atoms with Crippen molar-refractivity contribution < 1.29 is 4.79 Å². The van der Waals surface area contributed by atoms with Crippen LogP contribution in [0.2, 0.25) is 0 Å². The summed E-state index contributed by atoms with van der Waals surface area (Å²) in [5.41, 5.74) is 5.27. The Hall–Kier alpha value is -1.85. The maximum absolute atomic E-state index is 12.9. The van der Waals surface area contributed by atoms with Crippen molar-refractivity contribution in [3.63, 3.8) is 0 Å². The molecule has 1 amide bonds. The summed E-state index contributed by atoms with van der Waals surface area (Å²) >= 11 is 0. The number of carbonyl (C=O) groups is 1. The van der Waals surface area contributed by atoms with Crippen LogP contribution in [0.1, 0.15) is 53.0 Å². The van der Waals surface area contributed by atoms with Crippen molar-refractivity contribution in [1.82, 2.24) is 20.4 Å². The van der Waals surface area contributed by atoms with E-state index in [0.29, 0.717) is 11.6 Å². The molecule has 1 unspecified atom stereocenters. The third-order valence-corrected chi connectivity index (χ3v) is 5.62. The van der Waals surface area contributed by atoms with Gasteiger partial charge in [0.2, 0.25) is 0 Å². The van der Waals surface area contributed by atoms with Gasteiger partial charge in [0.25, 0.3) is 5.91 Å². The summed E-state index contributed by atoms with van der Waals surface area (Å²) in [4.78, 5) is 12.9. The molecule has 2 N–H and O–H groups in total.